The molecule has 124 valence electrons. The van der Waals surface area contributed by atoms with Gasteiger partial charge in [0, 0.05) is 44.2 Å². The molecule has 0 saturated carbocycles. The number of likely N-dealkylation sites (tertiary alicyclic amines) is 1. The molecule has 3 aliphatic rings. The van der Waals surface area contributed by atoms with Crippen LogP contribution < -0.4 is 4.90 Å². The van der Waals surface area contributed by atoms with E-state index in [1.54, 1.807) is 0 Å². The summed E-state index contributed by atoms with van der Waals surface area (Å²) >= 11 is 0. The number of piperidine rings is 1. The molecule has 23 heavy (non-hydrogen) atoms. The zero-order valence-electron chi connectivity index (χ0n) is 13.5. The molecule has 1 aromatic heterocycles. The molecule has 3 saturated heterocycles. The van der Waals surface area contributed by atoms with Gasteiger partial charge in [-0.3, -0.25) is 4.79 Å². The lowest BCUT2D eigenvalue weighted by molar-refractivity contribution is -0.142. The largest absolute Gasteiger partial charge is 0.368 e. The number of carbonyl (C=O) groups is 1. The average Bonchev–Trinajstić information content (AvgIpc) is 3.26. The van der Waals surface area contributed by atoms with E-state index >= 15 is 0 Å². The summed E-state index contributed by atoms with van der Waals surface area (Å²) in [6.45, 7) is 3.39. The molecule has 0 aliphatic carbocycles. The van der Waals surface area contributed by atoms with Gasteiger partial charge < -0.3 is 14.5 Å². The van der Waals surface area contributed by atoms with Gasteiger partial charge in [-0.1, -0.05) is 0 Å². The van der Waals surface area contributed by atoms with Crippen molar-refractivity contribution in [3.05, 3.63) is 18.5 Å². The normalized spacial score (nSPS) is 26.9. The molecule has 1 aromatic rings. The SMILES string of the molecule is O=C(C1CCCO1)N1CCC2(CCCN2c2ncccn2)CC1. The van der Waals surface area contributed by atoms with Crippen molar-refractivity contribution in [2.75, 3.05) is 31.1 Å². The minimum Gasteiger partial charge on any atom is -0.368 e. The summed E-state index contributed by atoms with van der Waals surface area (Å²) in [6.07, 6.45) is 9.67. The third-order valence-corrected chi connectivity index (χ3v) is 5.60. The van der Waals surface area contributed by atoms with E-state index < -0.39 is 0 Å². The average molecular weight is 316 g/mol. The molecule has 6 heteroatoms. The van der Waals surface area contributed by atoms with Gasteiger partial charge in [0.25, 0.3) is 5.91 Å². The Hall–Kier alpha value is -1.69. The van der Waals surface area contributed by atoms with Crippen molar-refractivity contribution in [2.45, 2.75) is 50.2 Å². The van der Waals surface area contributed by atoms with E-state index in [0.717, 1.165) is 57.9 Å². The number of carbonyl (C=O) groups excluding carboxylic acids is 1. The van der Waals surface area contributed by atoms with Crippen LogP contribution >= 0.6 is 0 Å². The van der Waals surface area contributed by atoms with Crippen LogP contribution in [-0.2, 0) is 9.53 Å². The molecular formula is C17H24N4O2. The van der Waals surface area contributed by atoms with Crippen LogP contribution in [0.4, 0.5) is 5.95 Å². The number of hydrogen-bond acceptors (Lipinski definition) is 5. The molecule has 1 atom stereocenters. The number of rotatable bonds is 2. The van der Waals surface area contributed by atoms with E-state index in [1.807, 2.05) is 23.4 Å². The van der Waals surface area contributed by atoms with Crippen LogP contribution in [0.25, 0.3) is 0 Å². The molecule has 4 heterocycles. The Morgan fingerprint density at radius 1 is 1.13 bits per heavy atom. The van der Waals surface area contributed by atoms with E-state index in [2.05, 4.69) is 14.9 Å². The molecule has 1 unspecified atom stereocenters. The topological polar surface area (TPSA) is 58.6 Å². The van der Waals surface area contributed by atoms with E-state index in [1.165, 1.54) is 12.8 Å². The minimum atomic E-state index is -0.193. The van der Waals surface area contributed by atoms with Crippen molar-refractivity contribution in [3.8, 4) is 0 Å². The number of anilines is 1. The van der Waals surface area contributed by atoms with Crippen LogP contribution in [0.15, 0.2) is 18.5 Å². The summed E-state index contributed by atoms with van der Waals surface area (Å²) in [4.78, 5) is 25.8. The second-order valence-corrected chi connectivity index (χ2v) is 6.86. The molecule has 3 fully saturated rings. The first-order valence-electron chi connectivity index (χ1n) is 8.74. The minimum absolute atomic E-state index is 0.134. The standard InChI is InChI=1S/C17H24N4O2/c22-15(14-4-1-13-23-14)20-11-6-17(7-12-20)5-2-10-21(17)16-18-8-3-9-19-16/h3,8-9,14H,1-2,4-7,10-13H2. The number of hydrogen-bond donors (Lipinski definition) is 0. The fourth-order valence-electron chi connectivity index (χ4n) is 4.32. The third-order valence-electron chi connectivity index (χ3n) is 5.60. The fraction of sp³-hybridized carbons (Fsp3) is 0.706. The molecule has 6 nitrogen and oxygen atoms in total. The Morgan fingerprint density at radius 3 is 2.61 bits per heavy atom. The molecule has 4 rings (SSSR count). The monoisotopic (exact) mass is 316 g/mol. The Labute approximate surface area is 136 Å². The van der Waals surface area contributed by atoms with Crippen LogP contribution in [0, 0.1) is 0 Å². The van der Waals surface area contributed by atoms with Gasteiger partial charge in [-0.2, -0.15) is 0 Å². The van der Waals surface area contributed by atoms with Crippen molar-refractivity contribution in [2.24, 2.45) is 0 Å². The second-order valence-electron chi connectivity index (χ2n) is 6.86. The molecule has 0 N–H and O–H groups in total. The van der Waals surface area contributed by atoms with Crippen molar-refractivity contribution in [1.29, 1.82) is 0 Å². The first-order valence-corrected chi connectivity index (χ1v) is 8.74. The van der Waals surface area contributed by atoms with Crippen molar-refractivity contribution in [3.63, 3.8) is 0 Å². The van der Waals surface area contributed by atoms with Crippen molar-refractivity contribution >= 4 is 11.9 Å². The summed E-state index contributed by atoms with van der Waals surface area (Å²) < 4.78 is 5.55. The summed E-state index contributed by atoms with van der Waals surface area (Å²) in [7, 11) is 0. The number of amides is 1. The lowest BCUT2D eigenvalue weighted by atomic mass is 9.85. The van der Waals surface area contributed by atoms with E-state index in [0.29, 0.717) is 0 Å². The summed E-state index contributed by atoms with van der Waals surface area (Å²) in [6, 6.07) is 1.86. The van der Waals surface area contributed by atoms with Gasteiger partial charge >= 0.3 is 0 Å². The summed E-state index contributed by atoms with van der Waals surface area (Å²) in [5, 5.41) is 0. The highest BCUT2D eigenvalue weighted by atomic mass is 16.5. The smallest absolute Gasteiger partial charge is 0.251 e. The first-order chi connectivity index (χ1) is 11.3. The lowest BCUT2D eigenvalue weighted by Crippen LogP contribution is -2.55. The zero-order chi connectivity index (χ0) is 15.7. The van der Waals surface area contributed by atoms with Gasteiger partial charge in [-0.05, 0) is 44.6 Å². The maximum atomic E-state index is 12.5. The Kier molecular flexibility index (Phi) is 3.93. The number of ether oxygens (including phenoxy) is 1. The third kappa shape index (κ3) is 2.69. The van der Waals surface area contributed by atoms with Gasteiger partial charge in [0.15, 0.2) is 0 Å². The number of aromatic nitrogens is 2. The van der Waals surface area contributed by atoms with Crippen LogP contribution in [0.2, 0.25) is 0 Å². The molecular weight excluding hydrogens is 292 g/mol. The molecule has 1 amide bonds. The quantitative estimate of drug-likeness (QED) is 0.830. The van der Waals surface area contributed by atoms with Gasteiger partial charge in [0.05, 0.1) is 0 Å². The predicted octanol–water partition coefficient (Wildman–Crippen LogP) is 1.62. The van der Waals surface area contributed by atoms with Gasteiger partial charge in [0.1, 0.15) is 6.10 Å². The van der Waals surface area contributed by atoms with E-state index in [4.69, 9.17) is 4.74 Å². The second kappa shape index (κ2) is 6.07. The van der Waals surface area contributed by atoms with Crippen molar-refractivity contribution in [1.82, 2.24) is 14.9 Å². The van der Waals surface area contributed by atoms with Gasteiger partial charge in [-0.25, -0.2) is 9.97 Å². The maximum Gasteiger partial charge on any atom is 0.251 e. The molecule has 3 aliphatic heterocycles. The predicted molar refractivity (Wildman–Crippen MR) is 86.1 cm³/mol. The molecule has 0 radical (unpaired) electrons. The van der Waals surface area contributed by atoms with Crippen LogP contribution in [0.1, 0.15) is 38.5 Å². The summed E-state index contributed by atoms with van der Waals surface area (Å²) in [5.41, 5.74) is 0.134. The first kappa shape index (κ1) is 14.9. The van der Waals surface area contributed by atoms with Crippen molar-refractivity contribution < 1.29 is 9.53 Å². The zero-order valence-corrected chi connectivity index (χ0v) is 13.5. The Balaban J connectivity index is 1.44. The molecule has 0 bridgehead atoms. The Bertz CT molecular complexity index is 551. The number of nitrogens with zero attached hydrogens (tertiary/aromatic N) is 4. The van der Waals surface area contributed by atoms with Gasteiger partial charge in [0.2, 0.25) is 5.95 Å². The fourth-order valence-corrected chi connectivity index (χ4v) is 4.32. The summed E-state index contributed by atoms with van der Waals surface area (Å²) in [5.74, 6) is 1.03. The Morgan fingerprint density at radius 2 is 1.91 bits per heavy atom. The maximum absolute atomic E-state index is 12.5. The molecule has 1 spiro atoms. The van der Waals surface area contributed by atoms with Crippen LogP contribution in [-0.4, -0.2) is 58.7 Å². The van der Waals surface area contributed by atoms with Gasteiger partial charge in [-0.15, -0.1) is 0 Å². The van der Waals surface area contributed by atoms with E-state index in [-0.39, 0.29) is 17.6 Å². The highest BCUT2D eigenvalue weighted by Gasteiger charge is 2.45. The van der Waals surface area contributed by atoms with Crippen LogP contribution in [0.3, 0.4) is 0 Å². The molecule has 0 aromatic carbocycles. The van der Waals surface area contributed by atoms with Crippen LogP contribution in [0.5, 0.6) is 0 Å². The highest BCUT2D eigenvalue weighted by molar-refractivity contribution is 5.81. The van der Waals surface area contributed by atoms with E-state index in [9.17, 15) is 4.79 Å². The lowest BCUT2D eigenvalue weighted by Gasteiger charge is -2.45. The highest BCUT2D eigenvalue weighted by Crippen LogP contribution is 2.40.